The highest BCUT2D eigenvalue weighted by Crippen LogP contribution is 2.35. The minimum absolute atomic E-state index is 0.123. The maximum atomic E-state index is 11.9. The molecule has 3 rings (SSSR count). The first-order chi connectivity index (χ1) is 12.3. The zero-order chi connectivity index (χ0) is 18.7. The quantitative estimate of drug-likeness (QED) is 0.847. The number of rotatable bonds is 4. The lowest BCUT2D eigenvalue weighted by Crippen LogP contribution is -2.42. The summed E-state index contributed by atoms with van der Waals surface area (Å²) in [4.78, 5) is 16.4. The first-order valence-electron chi connectivity index (χ1n) is 8.94. The van der Waals surface area contributed by atoms with E-state index in [4.69, 9.17) is 14.2 Å². The molecule has 0 radical (unpaired) electrons. The van der Waals surface area contributed by atoms with E-state index in [1.54, 1.807) is 7.11 Å². The molecule has 1 aliphatic rings. The fraction of sp³-hybridized carbons (Fsp3) is 0.579. The van der Waals surface area contributed by atoms with Crippen LogP contribution in [0.4, 0.5) is 4.79 Å². The molecule has 0 spiro atoms. The molecule has 6 nitrogen and oxygen atoms in total. The van der Waals surface area contributed by atoms with E-state index in [1.807, 2.05) is 39.0 Å². The van der Waals surface area contributed by atoms with Gasteiger partial charge < -0.3 is 19.5 Å². The normalized spacial score (nSPS) is 20.6. The van der Waals surface area contributed by atoms with Crippen LogP contribution in [-0.2, 0) is 4.74 Å². The predicted octanol–water partition coefficient (Wildman–Crippen LogP) is 4.52. The summed E-state index contributed by atoms with van der Waals surface area (Å²) in [5.74, 6) is 0.763. The van der Waals surface area contributed by atoms with Gasteiger partial charge in [-0.2, -0.15) is 4.98 Å². The third kappa shape index (κ3) is 4.78. The zero-order valence-electron chi connectivity index (χ0n) is 15.7. The number of amides is 1. The molecule has 1 amide bonds. The Bertz CT molecular complexity index is 760. The molecule has 1 aromatic carbocycles. The molecule has 0 unspecified atom stereocenters. The van der Waals surface area contributed by atoms with Gasteiger partial charge in [-0.05, 0) is 58.6 Å². The lowest BCUT2D eigenvalue weighted by Gasteiger charge is -2.29. The van der Waals surface area contributed by atoms with Crippen LogP contribution in [0.1, 0.15) is 46.5 Å². The number of methoxy groups -OCH3 is 1. The first kappa shape index (κ1) is 18.8. The van der Waals surface area contributed by atoms with Gasteiger partial charge in [-0.1, -0.05) is 17.4 Å². The minimum Gasteiger partial charge on any atom is -0.494 e. The highest BCUT2D eigenvalue weighted by molar-refractivity contribution is 7.20. The number of fused-ring (bicyclic) bond motifs is 1. The molecular weight excluding hydrogens is 352 g/mol. The van der Waals surface area contributed by atoms with Crippen molar-refractivity contribution < 1.29 is 19.0 Å². The standard InChI is InChI=1S/C19H26N2O4S/c1-19(2,3)25-17(22)20-12-8-10-13(11-9-12)24-18-21-16-14(23-4)6-5-7-15(16)26-18/h5-7,12-13H,8-11H2,1-4H3,(H,20,22)/t12-,13-. The van der Waals surface area contributed by atoms with Crippen molar-refractivity contribution in [1.82, 2.24) is 10.3 Å². The van der Waals surface area contributed by atoms with E-state index in [2.05, 4.69) is 10.3 Å². The summed E-state index contributed by atoms with van der Waals surface area (Å²) in [6, 6.07) is 6.01. The molecule has 0 aliphatic heterocycles. The maximum Gasteiger partial charge on any atom is 0.407 e. The molecule has 1 aliphatic carbocycles. The predicted molar refractivity (Wildman–Crippen MR) is 102 cm³/mol. The molecule has 1 fully saturated rings. The number of aromatic nitrogens is 1. The van der Waals surface area contributed by atoms with E-state index in [9.17, 15) is 4.79 Å². The number of carbonyl (C=O) groups excluding carboxylic acids is 1. The van der Waals surface area contributed by atoms with Crippen LogP contribution in [0.25, 0.3) is 10.2 Å². The Morgan fingerprint density at radius 2 is 1.96 bits per heavy atom. The molecular formula is C19H26N2O4S. The molecule has 0 atom stereocenters. The largest absolute Gasteiger partial charge is 0.494 e. The summed E-state index contributed by atoms with van der Waals surface area (Å²) < 4.78 is 17.8. The number of nitrogens with one attached hydrogen (secondary N) is 1. The molecule has 2 aromatic rings. The number of hydrogen-bond donors (Lipinski definition) is 1. The van der Waals surface area contributed by atoms with Crippen LogP contribution in [0.5, 0.6) is 10.9 Å². The van der Waals surface area contributed by atoms with Crippen molar-refractivity contribution in [3.63, 3.8) is 0 Å². The summed E-state index contributed by atoms with van der Waals surface area (Å²) in [6.07, 6.45) is 3.29. The molecule has 26 heavy (non-hydrogen) atoms. The Morgan fingerprint density at radius 1 is 1.23 bits per heavy atom. The highest BCUT2D eigenvalue weighted by Gasteiger charge is 2.26. The average molecular weight is 378 g/mol. The van der Waals surface area contributed by atoms with Gasteiger partial charge in [-0.25, -0.2) is 4.79 Å². The first-order valence-corrected chi connectivity index (χ1v) is 9.75. The average Bonchev–Trinajstić information content (AvgIpc) is 2.97. The number of alkyl carbamates (subject to hydrolysis) is 1. The van der Waals surface area contributed by atoms with Crippen molar-refractivity contribution in [2.24, 2.45) is 0 Å². The third-order valence-corrected chi connectivity index (χ3v) is 5.16. The Morgan fingerprint density at radius 3 is 2.62 bits per heavy atom. The second kappa shape index (κ2) is 7.70. The lowest BCUT2D eigenvalue weighted by atomic mass is 9.93. The van der Waals surface area contributed by atoms with Crippen LogP contribution in [0, 0.1) is 0 Å². The summed E-state index contributed by atoms with van der Waals surface area (Å²) in [7, 11) is 1.65. The number of benzene rings is 1. The van der Waals surface area contributed by atoms with Crippen LogP contribution in [-0.4, -0.2) is 35.9 Å². The monoisotopic (exact) mass is 378 g/mol. The molecule has 1 saturated carbocycles. The second-order valence-electron chi connectivity index (χ2n) is 7.52. The van der Waals surface area contributed by atoms with E-state index >= 15 is 0 Å². The van der Waals surface area contributed by atoms with Crippen molar-refractivity contribution in [2.45, 2.75) is 64.2 Å². The molecule has 0 bridgehead atoms. The van der Waals surface area contributed by atoms with Crippen molar-refractivity contribution in [3.8, 4) is 10.9 Å². The maximum absolute atomic E-state index is 11.9. The Balaban J connectivity index is 1.52. The van der Waals surface area contributed by atoms with Gasteiger partial charge in [0.2, 0.25) is 0 Å². The van der Waals surface area contributed by atoms with Crippen LogP contribution < -0.4 is 14.8 Å². The summed E-state index contributed by atoms with van der Waals surface area (Å²) in [5, 5.41) is 3.62. The number of nitrogens with zero attached hydrogens (tertiary/aromatic N) is 1. The van der Waals surface area contributed by atoms with Crippen molar-refractivity contribution >= 4 is 27.6 Å². The van der Waals surface area contributed by atoms with Gasteiger partial charge in [0.25, 0.3) is 5.19 Å². The fourth-order valence-corrected chi connectivity index (χ4v) is 3.96. The Labute approximate surface area is 157 Å². The van der Waals surface area contributed by atoms with Crippen LogP contribution in [0.2, 0.25) is 0 Å². The van der Waals surface area contributed by atoms with Gasteiger partial charge in [0.15, 0.2) is 0 Å². The number of hydrogen-bond acceptors (Lipinski definition) is 6. The van der Waals surface area contributed by atoms with Gasteiger partial charge in [0.05, 0.1) is 11.8 Å². The van der Waals surface area contributed by atoms with Crippen LogP contribution in [0.3, 0.4) is 0 Å². The number of thiazole rings is 1. The van der Waals surface area contributed by atoms with Crippen LogP contribution in [0.15, 0.2) is 18.2 Å². The molecule has 1 aromatic heterocycles. The highest BCUT2D eigenvalue weighted by atomic mass is 32.1. The van der Waals surface area contributed by atoms with Gasteiger partial charge in [0, 0.05) is 6.04 Å². The molecule has 7 heteroatoms. The topological polar surface area (TPSA) is 69.7 Å². The van der Waals surface area contributed by atoms with E-state index in [0.717, 1.165) is 41.6 Å². The number of para-hydroxylation sites is 1. The smallest absolute Gasteiger partial charge is 0.407 e. The molecule has 1 N–H and O–H groups in total. The Hall–Kier alpha value is -2.02. The van der Waals surface area contributed by atoms with E-state index < -0.39 is 5.60 Å². The van der Waals surface area contributed by atoms with Gasteiger partial charge in [0.1, 0.15) is 23.0 Å². The van der Waals surface area contributed by atoms with Crippen molar-refractivity contribution in [2.75, 3.05) is 7.11 Å². The summed E-state index contributed by atoms with van der Waals surface area (Å²) in [6.45, 7) is 5.60. The summed E-state index contributed by atoms with van der Waals surface area (Å²) in [5.41, 5.74) is 0.369. The lowest BCUT2D eigenvalue weighted by molar-refractivity contribution is 0.0471. The minimum atomic E-state index is -0.474. The zero-order valence-corrected chi connectivity index (χ0v) is 16.5. The third-order valence-electron chi connectivity index (χ3n) is 4.24. The summed E-state index contributed by atoms with van der Waals surface area (Å²) >= 11 is 1.54. The van der Waals surface area contributed by atoms with E-state index in [0.29, 0.717) is 5.19 Å². The van der Waals surface area contributed by atoms with Crippen LogP contribution >= 0.6 is 11.3 Å². The van der Waals surface area contributed by atoms with Crippen molar-refractivity contribution in [3.05, 3.63) is 18.2 Å². The second-order valence-corrected chi connectivity index (χ2v) is 8.52. The van der Waals surface area contributed by atoms with Gasteiger partial charge in [-0.3, -0.25) is 0 Å². The number of ether oxygens (including phenoxy) is 3. The van der Waals surface area contributed by atoms with Gasteiger partial charge >= 0.3 is 6.09 Å². The fourth-order valence-electron chi connectivity index (χ4n) is 3.06. The van der Waals surface area contributed by atoms with E-state index in [-0.39, 0.29) is 18.2 Å². The number of carbonyl (C=O) groups is 1. The molecule has 142 valence electrons. The molecule has 1 heterocycles. The van der Waals surface area contributed by atoms with Gasteiger partial charge in [-0.15, -0.1) is 0 Å². The van der Waals surface area contributed by atoms with E-state index in [1.165, 1.54) is 11.3 Å². The Kier molecular flexibility index (Phi) is 5.55. The van der Waals surface area contributed by atoms with Crippen molar-refractivity contribution in [1.29, 1.82) is 0 Å². The SMILES string of the molecule is COc1cccc2sc(O[C@H]3CC[C@H](NC(=O)OC(C)(C)C)CC3)nc12. The molecule has 0 saturated heterocycles.